The lowest BCUT2D eigenvalue weighted by Gasteiger charge is -2.38. The van der Waals surface area contributed by atoms with Crippen LogP contribution in [-0.4, -0.2) is 30.2 Å². The lowest BCUT2D eigenvalue weighted by molar-refractivity contribution is -0.0507. The molecule has 2 saturated carbocycles. The molecule has 17 heavy (non-hydrogen) atoms. The Labute approximate surface area is 102 Å². The first-order valence-electron chi connectivity index (χ1n) is 6.77. The van der Waals surface area contributed by atoms with Crippen molar-refractivity contribution in [3.63, 3.8) is 0 Å². The largest absolute Gasteiger partial charge is 0.390 e. The van der Waals surface area contributed by atoms with E-state index in [4.69, 9.17) is 5.11 Å². The summed E-state index contributed by atoms with van der Waals surface area (Å²) in [6.45, 7) is -1.45. The van der Waals surface area contributed by atoms with E-state index in [0.29, 0.717) is 5.41 Å². The fraction of sp³-hybridized carbons (Fsp3) is 1.00. The summed E-state index contributed by atoms with van der Waals surface area (Å²) in [6.07, 6.45) is 9.79. The van der Waals surface area contributed by atoms with Crippen LogP contribution in [0.2, 0.25) is 0 Å². The zero-order chi connectivity index (χ0) is 12.4. The predicted molar refractivity (Wildman–Crippen MR) is 63.2 cm³/mol. The van der Waals surface area contributed by atoms with Crippen LogP contribution in [0.3, 0.4) is 0 Å². The molecule has 0 aliphatic heterocycles. The molecule has 100 valence electrons. The molecule has 0 unspecified atom stereocenters. The summed E-state index contributed by atoms with van der Waals surface area (Å²) < 4.78 is 25.8. The van der Waals surface area contributed by atoms with Crippen LogP contribution in [0.5, 0.6) is 0 Å². The van der Waals surface area contributed by atoms with Gasteiger partial charge in [-0.25, -0.2) is 8.78 Å². The summed E-state index contributed by atoms with van der Waals surface area (Å²) in [7, 11) is 0. The Bertz CT molecular complexity index is 242. The van der Waals surface area contributed by atoms with Crippen LogP contribution in [0.15, 0.2) is 0 Å². The molecule has 0 aromatic rings. The van der Waals surface area contributed by atoms with Gasteiger partial charge in [0, 0.05) is 6.04 Å². The number of alkyl halides is 2. The van der Waals surface area contributed by atoms with Crippen molar-refractivity contribution >= 4 is 0 Å². The second-order valence-electron chi connectivity index (χ2n) is 5.88. The number of aliphatic hydroxyl groups excluding tert-OH is 1. The van der Waals surface area contributed by atoms with E-state index in [0.717, 1.165) is 12.8 Å². The number of hydrogen-bond donors (Lipinski definition) is 2. The van der Waals surface area contributed by atoms with Crippen molar-refractivity contribution in [2.24, 2.45) is 5.41 Å². The van der Waals surface area contributed by atoms with Crippen molar-refractivity contribution in [1.29, 1.82) is 0 Å². The van der Waals surface area contributed by atoms with E-state index in [2.05, 4.69) is 5.32 Å². The van der Waals surface area contributed by atoms with Gasteiger partial charge in [0.15, 0.2) is 0 Å². The maximum atomic E-state index is 12.9. The first kappa shape index (κ1) is 13.2. The summed E-state index contributed by atoms with van der Waals surface area (Å²) in [5, 5.41) is 11.4. The third-order valence-corrected chi connectivity index (χ3v) is 4.59. The molecule has 2 nitrogen and oxygen atoms in total. The summed E-state index contributed by atoms with van der Waals surface area (Å²) in [5.74, 6) is -2.97. The zero-order valence-electron chi connectivity index (χ0n) is 10.4. The summed E-state index contributed by atoms with van der Waals surface area (Å²) in [6, 6.07) is 0.221. The molecule has 0 saturated heterocycles. The molecule has 0 heterocycles. The van der Waals surface area contributed by atoms with Crippen LogP contribution >= 0.6 is 0 Å². The first-order valence-corrected chi connectivity index (χ1v) is 6.77. The number of halogens is 2. The molecular formula is C13H23F2NO. The lowest BCUT2D eigenvalue weighted by Crippen LogP contribution is -2.43. The maximum Gasteiger partial charge on any atom is 0.282 e. The molecule has 0 aromatic carbocycles. The highest BCUT2D eigenvalue weighted by atomic mass is 19.3. The molecule has 0 bridgehead atoms. The zero-order valence-corrected chi connectivity index (χ0v) is 10.4. The molecule has 0 amide bonds. The fourth-order valence-electron chi connectivity index (χ4n) is 3.41. The Morgan fingerprint density at radius 1 is 1.12 bits per heavy atom. The summed E-state index contributed by atoms with van der Waals surface area (Å²) in [4.78, 5) is 0. The van der Waals surface area contributed by atoms with Crippen molar-refractivity contribution in [2.45, 2.75) is 63.3 Å². The number of nitrogens with one attached hydrogen (secondary N) is 1. The van der Waals surface area contributed by atoms with Crippen molar-refractivity contribution < 1.29 is 13.9 Å². The molecule has 0 atom stereocenters. The van der Waals surface area contributed by atoms with Crippen LogP contribution in [-0.2, 0) is 0 Å². The molecule has 2 fully saturated rings. The fourth-order valence-corrected chi connectivity index (χ4v) is 3.41. The molecule has 2 aliphatic carbocycles. The van der Waals surface area contributed by atoms with Crippen molar-refractivity contribution in [1.82, 2.24) is 5.32 Å². The van der Waals surface area contributed by atoms with E-state index in [-0.39, 0.29) is 12.6 Å². The van der Waals surface area contributed by atoms with Gasteiger partial charge in [0.2, 0.25) is 0 Å². The van der Waals surface area contributed by atoms with Gasteiger partial charge < -0.3 is 10.4 Å². The Balaban J connectivity index is 1.72. The van der Waals surface area contributed by atoms with Crippen molar-refractivity contribution in [2.75, 3.05) is 13.2 Å². The molecule has 0 aromatic heterocycles. The average Bonchev–Trinajstić information content (AvgIpc) is 2.77. The van der Waals surface area contributed by atoms with E-state index < -0.39 is 12.5 Å². The van der Waals surface area contributed by atoms with Gasteiger partial charge in [-0.3, -0.25) is 0 Å². The highest BCUT2D eigenvalue weighted by Crippen LogP contribution is 2.48. The second kappa shape index (κ2) is 5.19. The molecule has 0 radical (unpaired) electrons. The molecule has 2 aliphatic rings. The molecule has 1 spiro atoms. The highest BCUT2D eigenvalue weighted by Gasteiger charge is 2.38. The molecule has 4 heteroatoms. The Kier molecular flexibility index (Phi) is 4.03. The van der Waals surface area contributed by atoms with Gasteiger partial charge in [-0.1, -0.05) is 12.8 Å². The SMILES string of the molecule is OCC(F)(F)CNC1CCC2(CCCC2)CC1. The second-order valence-corrected chi connectivity index (χ2v) is 5.88. The standard InChI is InChI=1S/C13H23F2NO/c14-13(15,10-17)9-16-11-3-7-12(8-4-11)5-1-2-6-12/h11,16-17H,1-10H2. The number of aliphatic hydroxyl groups is 1. The Hall–Kier alpha value is -0.220. The normalized spacial score (nSPS) is 25.6. The quantitative estimate of drug-likeness (QED) is 0.800. The van der Waals surface area contributed by atoms with E-state index in [9.17, 15) is 8.78 Å². The van der Waals surface area contributed by atoms with Crippen LogP contribution in [0.4, 0.5) is 8.78 Å². The third kappa shape index (κ3) is 3.38. The maximum absolute atomic E-state index is 12.9. The Morgan fingerprint density at radius 3 is 2.24 bits per heavy atom. The van der Waals surface area contributed by atoms with Gasteiger partial charge in [0.1, 0.15) is 6.61 Å². The summed E-state index contributed by atoms with van der Waals surface area (Å²) in [5.41, 5.74) is 0.553. The van der Waals surface area contributed by atoms with Gasteiger partial charge in [0.25, 0.3) is 5.92 Å². The van der Waals surface area contributed by atoms with E-state index >= 15 is 0 Å². The van der Waals surface area contributed by atoms with Crippen LogP contribution in [0.25, 0.3) is 0 Å². The van der Waals surface area contributed by atoms with E-state index in [1.807, 2.05) is 0 Å². The minimum Gasteiger partial charge on any atom is -0.390 e. The van der Waals surface area contributed by atoms with Gasteiger partial charge in [0.05, 0.1) is 6.54 Å². The predicted octanol–water partition coefficient (Wildman–Crippen LogP) is 2.71. The van der Waals surface area contributed by atoms with Crippen molar-refractivity contribution in [3.05, 3.63) is 0 Å². The summed E-state index contributed by atoms with van der Waals surface area (Å²) >= 11 is 0. The third-order valence-electron chi connectivity index (χ3n) is 4.59. The monoisotopic (exact) mass is 247 g/mol. The van der Waals surface area contributed by atoms with Crippen molar-refractivity contribution in [3.8, 4) is 0 Å². The van der Waals surface area contributed by atoms with Crippen LogP contribution in [0.1, 0.15) is 51.4 Å². The first-order chi connectivity index (χ1) is 8.05. The molecule has 2 N–H and O–H groups in total. The van der Waals surface area contributed by atoms with E-state index in [1.54, 1.807) is 0 Å². The smallest absolute Gasteiger partial charge is 0.282 e. The van der Waals surface area contributed by atoms with Gasteiger partial charge in [-0.2, -0.15) is 0 Å². The van der Waals surface area contributed by atoms with Gasteiger partial charge >= 0.3 is 0 Å². The number of hydrogen-bond acceptors (Lipinski definition) is 2. The van der Waals surface area contributed by atoms with Gasteiger partial charge in [-0.05, 0) is 43.9 Å². The molecule has 2 rings (SSSR count). The molecular weight excluding hydrogens is 224 g/mol. The van der Waals surface area contributed by atoms with Gasteiger partial charge in [-0.15, -0.1) is 0 Å². The Morgan fingerprint density at radius 2 is 1.71 bits per heavy atom. The highest BCUT2D eigenvalue weighted by molar-refractivity contribution is 4.91. The van der Waals surface area contributed by atoms with Crippen LogP contribution < -0.4 is 5.32 Å². The van der Waals surface area contributed by atoms with E-state index in [1.165, 1.54) is 38.5 Å². The topological polar surface area (TPSA) is 32.3 Å². The minimum absolute atomic E-state index is 0.221. The average molecular weight is 247 g/mol. The lowest BCUT2D eigenvalue weighted by atomic mass is 9.71. The minimum atomic E-state index is -2.97. The number of rotatable bonds is 4. The van der Waals surface area contributed by atoms with Crippen LogP contribution in [0, 0.1) is 5.41 Å².